The molecule has 1 aliphatic rings. The van der Waals surface area contributed by atoms with Crippen LogP contribution in [-0.2, 0) is 42.7 Å². The number of hydrogen-bond acceptors (Lipinski definition) is 4. The molecule has 3 heterocycles. The van der Waals surface area contributed by atoms with E-state index < -0.39 is 6.85 Å². The summed E-state index contributed by atoms with van der Waals surface area (Å²) in [6.07, 6.45) is 1.69. The topological polar surface area (TPSA) is 33.5 Å². The second-order valence-corrected chi connectivity index (χ2v) is 26.1. The molecule has 420 valence electrons. The Hall–Kier alpha value is -7.98. The van der Waals surface area contributed by atoms with Crippen LogP contribution in [0.1, 0.15) is 115 Å². The molecule has 11 aromatic rings. The fourth-order valence-electron chi connectivity index (χ4n) is 11.4. The van der Waals surface area contributed by atoms with Crippen molar-refractivity contribution >= 4 is 44.6 Å². The zero-order chi connectivity index (χ0) is 60.0. The smallest absolute Gasteiger partial charge is 0.135 e. The molecule has 0 fully saturated rings. The maximum Gasteiger partial charge on any atom is 0.135 e. The van der Waals surface area contributed by atoms with Crippen molar-refractivity contribution in [3.8, 4) is 61.8 Å². The van der Waals surface area contributed by atoms with Gasteiger partial charge in [-0.2, -0.15) is 12.1 Å². The van der Waals surface area contributed by atoms with Crippen LogP contribution in [0.15, 0.2) is 200 Å². The van der Waals surface area contributed by atoms with Gasteiger partial charge in [0, 0.05) is 82.1 Å². The fourth-order valence-corrected chi connectivity index (χ4v) is 11.4. The van der Waals surface area contributed by atoms with Gasteiger partial charge < -0.3 is 19.1 Å². The molecule has 9 aromatic carbocycles. The first-order valence-corrected chi connectivity index (χ1v) is 28.6. The van der Waals surface area contributed by atoms with Gasteiger partial charge in [-0.05, 0) is 126 Å². The van der Waals surface area contributed by atoms with E-state index in [2.05, 4.69) is 245 Å². The van der Waals surface area contributed by atoms with E-state index in [0.717, 1.165) is 66.9 Å². The van der Waals surface area contributed by atoms with Gasteiger partial charge in [0.15, 0.2) is 0 Å². The van der Waals surface area contributed by atoms with Crippen molar-refractivity contribution in [2.24, 2.45) is 0 Å². The van der Waals surface area contributed by atoms with Gasteiger partial charge in [0.2, 0.25) is 0 Å². The van der Waals surface area contributed by atoms with E-state index in [9.17, 15) is 0 Å². The summed E-state index contributed by atoms with van der Waals surface area (Å²) in [6.45, 7) is 27.1. The van der Waals surface area contributed by atoms with Gasteiger partial charge in [-0.1, -0.05) is 216 Å². The zero-order valence-electron chi connectivity index (χ0n) is 52.6. The Labute approximate surface area is 511 Å². The monoisotopic (exact) mass is 1270 g/mol. The Kier molecular flexibility index (Phi) is 13.8. The second-order valence-electron chi connectivity index (χ2n) is 26.1. The summed E-state index contributed by atoms with van der Waals surface area (Å²) in [6, 6.07) is 75.4. The average molecular weight is 1270 g/mol. The molecule has 0 unspecified atom stereocenters. The summed E-state index contributed by atoms with van der Waals surface area (Å²) in [5.74, 6) is 1.46. The number of ether oxygens (including phenoxy) is 1. The van der Waals surface area contributed by atoms with E-state index >= 15 is 0 Å². The van der Waals surface area contributed by atoms with Gasteiger partial charge in [-0.3, -0.25) is 0 Å². The van der Waals surface area contributed by atoms with Gasteiger partial charge in [-0.15, -0.1) is 48.1 Å². The van der Waals surface area contributed by atoms with E-state index in [-0.39, 0.29) is 48.3 Å². The molecule has 0 bridgehead atoms. The number of fused-ring (bicyclic) bond motifs is 4. The first-order valence-electron chi connectivity index (χ1n) is 30.1. The number of aromatic nitrogens is 2. The Morgan fingerprint density at radius 2 is 1.05 bits per heavy atom. The van der Waals surface area contributed by atoms with Gasteiger partial charge in [0.25, 0.3) is 0 Å². The number of hydrogen-bond donors (Lipinski definition) is 0. The molecule has 83 heavy (non-hydrogen) atoms. The van der Waals surface area contributed by atoms with E-state index in [1.807, 2.05) is 59.2 Å². The molecule has 1 aliphatic heterocycles. The average Bonchev–Trinajstić information content (AvgIpc) is 1.46. The van der Waals surface area contributed by atoms with E-state index in [4.69, 9.17) is 13.8 Å². The third-order valence-electron chi connectivity index (χ3n) is 16.1. The van der Waals surface area contributed by atoms with Gasteiger partial charge in [0.1, 0.15) is 5.82 Å². The van der Waals surface area contributed by atoms with Crippen LogP contribution in [-0.4, -0.2) is 9.55 Å². The molecule has 0 radical (unpaired) electrons. The van der Waals surface area contributed by atoms with Crippen molar-refractivity contribution in [2.45, 2.75) is 112 Å². The number of rotatable bonds is 9. The number of pyridine rings is 1. The molecular formula is C77H73N4OPt-3. The van der Waals surface area contributed by atoms with Crippen molar-refractivity contribution in [1.82, 2.24) is 9.55 Å². The second kappa shape index (κ2) is 21.6. The molecular weight excluding hydrogens is 1190 g/mol. The fraction of sp³-hybridized carbons (Fsp3) is 0.221. The van der Waals surface area contributed by atoms with Gasteiger partial charge in [0.05, 0.1) is 0 Å². The predicted octanol–water partition coefficient (Wildman–Crippen LogP) is 21.1. The molecule has 0 spiro atoms. The van der Waals surface area contributed by atoms with Crippen molar-refractivity contribution in [1.29, 1.82) is 0 Å². The van der Waals surface area contributed by atoms with Gasteiger partial charge >= 0.3 is 0 Å². The Morgan fingerprint density at radius 1 is 0.458 bits per heavy atom. The number of benzene rings is 9. The SMILES string of the molecule is [2H]C([2H])([2H])c1cc(-n2c3[c-]c(Oc4[c-]c(N5[CH-]N(c6c(-c7ccc(-c8ccccc8)cc7)cc(C(C)(C)C)cc6-c6ccc(C(C)(C)C)cc6C(C)(C)C)c6ccccc65)ccc4)ccc3c3ccccc32)ncc1-c1ccc(C(C)(C)C)cc1.[Pt]. The standard InChI is InChI=1S/C77H73N4O.Pt/c1-50-42-72(78-48-66(50)54-34-36-55(37-35-54)74(2,3)4)81-68-27-18-17-26-62(68)63-41-39-60(47-71(63)81)82-59-25-21-24-58(46-59)79-49-80(70-29-20-19-28-69(70)79)73-64(53-32-30-52(31-33-53)51-22-15-14-16-23-51)43-57(76(8,9)10)44-65(73)61-40-38-56(75(5,6)7)45-67(61)77(11,12)13;/h14-45,48-49H,1-13H3;/q-3;/i1D3;. The number of nitrogens with zero attached hydrogens (tertiary/aromatic N) is 4. The summed E-state index contributed by atoms with van der Waals surface area (Å²) >= 11 is 0. The van der Waals surface area contributed by atoms with Crippen LogP contribution >= 0.6 is 0 Å². The van der Waals surface area contributed by atoms with Crippen LogP contribution in [0, 0.1) is 25.7 Å². The van der Waals surface area contributed by atoms with E-state index in [1.165, 1.54) is 33.4 Å². The molecule has 0 amide bonds. The van der Waals surface area contributed by atoms with E-state index in [0.29, 0.717) is 28.4 Å². The number of para-hydroxylation sites is 3. The minimum absolute atomic E-state index is 0. The molecule has 12 rings (SSSR count). The predicted molar refractivity (Wildman–Crippen MR) is 346 cm³/mol. The van der Waals surface area contributed by atoms with Crippen LogP contribution in [0.2, 0.25) is 0 Å². The Bertz CT molecular complexity index is 4330. The molecule has 0 atom stereocenters. The molecule has 0 aliphatic carbocycles. The Morgan fingerprint density at radius 3 is 1.73 bits per heavy atom. The first kappa shape index (κ1) is 53.1. The summed E-state index contributed by atoms with van der Waals surface area (Å²) in [7, 11) is 0. The third kappa shape index (κ3) is 11.0. The molecule has 5 nitrogen and oxygen atoms in total. The van der Waals surface area contributed by atoms with Crippen molar-refractivity contribution in [3.63, 3.8) is 0 Å². The normalized spacial score (nSPS) is 13.6. The minimum Gasteiger partial charge on any atom is -0.509 e. The van der Waals surface area contributed by atoms with Crippen LogP contribution in [0.4, 0.5) is 22.7 Å². The summed E-state index contributed by atoms with van der Waals surface area (Å²) < 4.78 is 35.0. The largest absolute Gasteiger partial charge is 0.509 e. The van der Waals surface area contributed by atoms with Crippen molar-refractivity contribution in [2.75, 3.05) is 9.80 Å². The van der Waals surface area contributed by atoms with Gasteiger partial charge in [-0.25, -0.2) is 4.98 Å². The van der Waals surface area contributed by atoms with Crippen molar-refractivity contribution < 1.29 is 29.9 Å². The third-order valence-corrected chi connectivity index (χ3v) is 16.1. The summed E-state index contributed by atoms with van der Waals surface area (Å²) in [5, 5.41) is 1.92. The molecule has 0 N–H and O–H groups in total. The Balaban J connectivity index is 0.00000768. The maximum atomic E-state index is 8.74. The first-order chi connectivity index (χ1) is 40.3. The van der Waals surface area contributed by atoms with Crippen LogP contribution < -0.4 is 14.5 Å². The zero-order valence-corrected chi connectivity index (χ0v) is 51.9. The van der Waals surface area contributed by atoms with Crippen LogP contribution in [0.3, 0.4) is 0 Å². The van der Waals surface area contributed by atoms with E-state index in [1.54, 1.807) is 12.3 Å². The molecule has 0 saturated carbocycles. The summed E-state index contributed by atoms with van der Waals surface area (Å²) in [4.78, 5) is 9.58. The van der Waals surface area contributed by atoms with Crippen LogP contribution in [0.25, 0.3) is 72.1 Å². The molecule has 2 aromatic heterocycles. The maximum absolute atomic E-state index is 8.74. The quantitative estimate of drug-likeness (QED) is 0.135. The number of anilines is 4. The summed E-state index contributed by atoms with van der Waals surface area (Å²) in [5.41, 5.74) is 18.6. The molecule has 0 saturated heterocycles. The molecule has 6 heteroatoms. The van der Waals surface area contributed by atoms with Crippen LogP contribution in [0.5, 0.6) is 11.5 Å². The number of aryl methyl sites for hydroxylation is 1. The minimum atomic E-state index is -2.41. The van der Waals surface area contributed by atoms with Crippen molar-refractivity contribution in [3.05, 3.63) is 247 Å².